The maximum absolute atomic E-state index is 12.0. The Labute approximate surface area is 139 Å². The van der Waals surface area contributed by atoms with Crippen LogP contribution < -0.4 is 5.43 Å². The lowest BCUT2D eigenvalue weighted by atomic mass is 10.1. The number of hydrogen-bond acceptors (Lipinski definition) is 4. The van der Waals surface area contributed by atoms with Gasteiger partial charge in [-0.15, -0.1) is 0 Å². The van der Waals surface area contributed by atoms with Crippen LogP contribution in [-0.4, -0.2) is 17.0 Å². The van der Waals surface area contributed by atoms with Crippen molar-refractivity contribution in [2.75, 3.05) is 0 Å². The van der Waals surface area contributed by atoms with Gasteiger partial charge in [0, 0.05) is 17.2 Å². The molecule has 6 nitrogen and oxygen atoms in total. The zero-order chi connectivity index (χ0) is 17.5. The summed E-state index contributed by atoms with van der Waals surface area (Å²) in [6.07, 6.45) is 3.48. The Bertz CT molecular complexity index is 812. The SMILES string of the molecule is CC(C=NNC(=O)c1ccc([N+](=O)[O-])c(C)c1)=Cc1ccccc1. The highest BCUT2D eigenvalue weighted by Gasteiger charge is 2.13. The normalized spacial score (nSPS) is 11.5. The van der Waals surface area contributed by atoms with E-state index in [0.29, 0.717) is 11.1 Å². The highest BCUT2D eigenvalue weighted by atomic mass is 16.6. The van der Waals surface area contributed by atoms with E-state index < -0.39 is 10.8 Å². The predicted octanol–water partition coefficient (Wildman–Crippen LogP) is 3.72. The highest BCUT2D eigenvalue weighted by molar-refractivity contribution is 5.95. The number of carbonyl (C=O) groups excluding carboxylic acids is 1. The molecule has 2 rings (SSSR count). The molecule has 0 saturated heterocycles. The molecular weight excluding hydrogens is 306 g/mol. The van der Waals surface area contributed by atoms with E-state index in [1.54, 1.807) is 13.1 Å². The molecule has 122 valence electrons. The molecule has 2 aromatic rings. The average Bonchev–Trinajstić information content (AvgIpc) is 2.55. The minimum Gasteiger partial charge on any atom is -0.267 e. The van der Waals surface area contributed by atoms with Gasteiger partial charge in [0.15, 0.2) is 0 Å². The van der Waals surface area contributed by atoms with E-state index in [2.05, 4.69) is 10.5 Å². The summed E-state index contributed by atoms with van der Waals surface area (Å²) < 4.78 is 0. The summed E-state index contributed by atoms with van der Waals surface area (Å²) in [5, 5.41) is 14.7. The number of carbonyl (C=O) groups is 1. The molecule has 0 aromatic heterocycles. The molecule has 0 bridgehead atoms. The summed E-state index contributed by atoms with van der Waals surface area (Å²) in [6, 6.07) is 13.9. The van der Waals surface area contributed by atoms with Gasteiger partial charge >= 0.3 is 0 Å². The molecule has 0 aliphatic heterocycles. The zero-order valence-corrected chi connectivity index (χ0v) is 13.4. The molecule has 0 aliphatic carbocycles. The topological polar surface area (TPSA) is 84.6 Å². The molecule has 0 heterocycles. The molecule has 24 heavy (non-hydrogen) atoms. The third kappa shape index (κ3) is 4.61. The highest BCUT2D eigenvalue weighted by Crippen LogP contribution is 2.18. The van der Waals surface area contributed by atoms with Crippen LogP contribution in [0.15, 0.2) is 59.2 Å². The Hall–Kier alpha value is -3.28. The van der Waals surface area contributed by atoms with Crippen LogP contribution in [-0.2, 0) is 0 Å². The summed E-state index contributed by atoms with van der Waals surface area (Å²) in [6.45, 7) is 3.46. The number of nitro benzene ring substituents is 1. The second kappa shape index (κ2) is 7.82. The summed E-state index contributed by atoms with van der Waals surface area (Å²) in [5.41, 5.74) is 5.06. The van der Waals surface area contributed by atoms with Gasteiger partial charge in [0.05, 0.1) is 11.1 Å². The first-order chi connectivity index (χ1) is 11.5. The fourth-order valence-electron chi connectivity index (χ4n) is 2.11. The van der Waals surface area contributed by atoms with Crippen molar-refractivity contribution in [2.45, 2.75) is 13.8 Å². The van der Waals surface area contributed by atoms with Gasteiger partial charge in [-0.05, 0) is 37.1 Å². The molecule has 0 fully saturated rings. The van der Waals surface area contributed by atoms with Crippen LogP contribution in [0.2, 0.25) is 0 Å². The molecule has 0 spiro atoms. The van der Waals surface area contributed by atoms with E-state index in [-0.39, 0.29) is 5.69 Å². The molecule has 0 unspecified atom stereocenters. The van der Waals surface area contributed by atoms with E-state index in [4.69, 9.17) is 0 Å². The Balaban J connectivity index is 2.01. The molecule has 6 heteroatoms. The summed E-state index contributed by atoms with van der Waals surface area (Å²) >= 11 is 0. The summed E-state index contributed by atoms with van der Waals surface area (Å²) in [5.74, 6) is -0.420. The van der Waals surface area contributed by atoms with Crippen molar-refractivity contribution in [3.63, 3.8) is 0 Å². The number of nitrogens with zero attached hydrogens (tertiary/aromatic N) is 2. The standard InChI is InChI=1S/C18H17N3O3/c1-13(10-15-6-4-3-5-7-15)12-19-20-18(22)16-8-9-17(21(23)24)14(2)11-16/h3-12H,1-2H3,(H,20,22). The molecule has 0 saturated carbocycles. The lowest BCUT2D eigenvalue weighted by Crippen LogP contribution is -2.17. The van der Waals surface area contributed by atoms with Crippen LogP contribution in [0.4, 0.5) is 5.69 Å². The van der Waals surface area contributed by atoms with Crippen molar-refractivity contribution >= 4 is 23.9 Å². The van der Waals surface area contributed by atoms with Crippen molar-refractivity contribution in [1.29, 1.82) is 0 Å². The first kappa shape index (κ1) is 17.1. The first-order valence-electron chi connectivity index (χ1n) is 7.29. The fourth-order valence-corrected chi connectivity index (χ4v) is 2.11. The monoisotopic (exact) mass is 323 g/mol. The van der Waals surface area contributed by atoms with Crippen molar-refractivity contribution < 1.29 is 9.72 Å². The molecule has 0 atom stereocenters. The summed E-state index contributed by atoms with van der Waals surface area (Å²) in [7, 11) is 0. The van der Waals surface area contributed by atoms with Gasteiger partial charge in [-0.3, -0.25) is 14.9 Å². The zero-order valence-electron chi connectivity index (χ0n) is 13.4. The number of aryl methyl sites for hydroxylation is 1. The predicted molar refractivity (Wildman–Crippen MR) is 93.9 cm³/mol. The Kier molecular flexibility index (Phi) is 5.57. The number of allylic oxidation sites excluding steroid dienone is 1. The largest absolute Gasteiger partial charge is 0.272 e. The summed E-state index contributed by atoms with van der Waals surface area (Å²) in [4.78, 5) is 22.3. The fraction of sp³-hybridized carbons (Fsp3) is 0.111. The molecule has 2 aromatic carbocycles. The van der Waals surface area contributed by atoms with Crippen LogP contribution in [0.1, 0.15) is 28.4 Å². The number of hydrazone groups is 1. The molecule has 1 amide bonds. The Morgan fingerprint density at radius 2 is 1.92 bits per heavy atom. The molecule has 0 aliphatic rings. The van der Waals surface area contributed by atoms with Crippen LogP contribution >= 0.6 is 0 Å². The molecule has 0 radical (unpaired) electrons. The Morgan fingerprint density at radius 3 is 2.54 bits per heavy atom. The van der Waals surface area contributed by atoms with E-state index in [0.717, 1.165) is 11.1 Å². The van der Waals surface area contributed by atoms with Crippen LogP contribution in [0.3, 0.4) is 0 Å². The van der Waals surface area contributed by atoms with Gasteiger partial charge < -0.3 is 0 Å². The quantitative estimate of drug-likeness (QED) is 0.517. The van der Waals surface area contributed by atoms with Crippen LogP contribution in [0, 0.1) is 17.0 Å². The second-order valence-corrected chi connectivity index (χ2v) is 5.26. The van der Waals surface area contributed by atoms with Gasteiger partial charge in [-0.1, -0.05) is 36.4 Å². The number of hydrogen-bond donors (Lipinski definition) is 1. The molecule has 1 N–H and O–H groups in total. The van der Waals surface area contributed by atoms with Gasteiger partial charge in [0.25, 0.3) is 11.6 Å². The van der Waals surface area contributed by atoms with Crippen molar-refractivity contribution in [1.82, 2.24) is 5.43 Å². The lowest BCUT2D eigenvalue weighted by Gasteiger charge is -2.02. The maximum atomic E-state index is 12.0. The van der Waals surface area contributed by atoms with Gasteiger partial charge in [0.2, 0.25) is 0 Å². The molecular formula is C18H17N3O3. The number of rotatable bonds is 5. The van der Waals surface area contributed by atoms with E-state index in [1.165, 1.54) is 18.2 Å². The van der Waals surface area contributed by atoms with Gasteiger partial charge in [-0.25, -0.2) is 5.43 Å². The average molecular weight is 323 g/mol. The van der Waals surface area contributed by atoms with Gasteiger partial charge in [-0.2, -0.15) is 5.10 Å². The van der Waals surface area contributed by atoms with Crippen LogP contribution in [0.25, 0.3) is 6.08 Å². The smallest absolute Gasteiger partial charge is 0.267 e. The van der Waals surface area contributed by atoms with Crippen LogP contribution in [0.5, 0.6) is 0 Å². The van der Waals surface area contributed by atoms with E-state index in [1.807, 2.05) is 43.3 Å². The van der Waals surface area contributed by atoms with Gasteiger partial charge in [0.1, 0.15) is 0 Å². The lowest BCUT2D eigenvalue weighted by molar-refractivity contribution is -0.385. The van der Waals surface area contributed by atoms with E-state index >= 15 is 0 Å². The van der Waals surface area contributed by atoms with Crippen molar-refractivity contribution in [3.8, 4) is 0 Å². The van der Waals surface area contributed by atoms with Crippen molar-refractivity contribution in [2.24, 2.45) is 5.10 Å². The third-order valence-corrected chi connectivity index (χ3v) is 3.28. The minimum atomic E-state index is -0.479. The second-order valence-electron chi connectivity index (χ2n) is 5.26. The number of benzene rings is 2. The van der Waals surface area contributed by atoms with E-state index in [9.17, 15) is 14.9 Å². The first-order valence-corrected chi connectivity index (χ1v) is 7.29. The third-order valence-electron chi connectivity index (χ3n) is 3.28. The van der Waals surface area contributed by atoms with Crippen molar-refractivity contribution in [3.05, 3.63) is 80.9 Å². The Morgan fingerprint density at radius 1 is 1.21 bits per heavy atom. The number of amides is 1. The minimum absolute atomic E-state index is 0.0170. The maximum Gasteiger partial charge on any atom is 0.272 e. The number of nitro groups is 1. The number of nitrogens with one attached hydrogen (secondary N) is 1.